The van der Waals surface area contributed by atoms with Crippen molar-refractivity contribution >= 4 is 21.4 Å². The molecule has 0 amide bonds. The highest BCUT2D eigenvalue weighted by Crippen LogP contribution is 2.29. The van der Waals surface area contributed by atoms with E-state index in [1.165, 1.54) is 29.5 Å². The smallest absolute Gasteiger partial charge is 0.210 e. The maximum Gasteiger partial charge on any atom is 0.416 e. The standard InChI is InChI=1S/C14H14F3NO2S2/c1-10-2-7-13(21-10)22(19,20)18-9-8-11-3-5-12(6-4-11)14(15,16)17/h2-7,18H,8-9H2,1H3. The highest BCUT2D eigenvalue weighted by atomic mass is 32.2. The molecule has 0 saturated heterocycles. The van der Waals surface area contributed by atoms with Crippen molar-refractivity contribution in [2.24, 2.45) is 0 Å². The largest absolute Gasteiger partial charge is 0.416 e. The average Bonchev–Trinajstić information content (AvgIpc) is 2.86. The maximum atomic E-state index is 12.4. The number of hydrogen-bond acceptors (Lipinski definition) is 3. The molecular weight excluding hydrogens is 335 g/mol. The van der Waals surface area contributed by atoms with E-state index in [9.17, 15) is 21.6 Å². The molecule has 1 aromatic carbocycles. The van der Waals surface area contributed by atoms with E-state index in [1.807, 2.05) is 6.92 Å². The number of aryl methyl sites for hydroxylation is 1. The Morgan fingerprint density at radius 3 is 2.23 bits per heavy atom. The lowest BCUT2D eigenvalue weighted by Gasteiger charge is -2.08. The van der Waals surface area contributed by atoms with Crippen LogP contribution in [-0.4, -0.2) is 15.0 Å². The summed E-state index contributed by atoms with van der Waals surface area (Å²) in [4.78, 5) is 0.892. The first kappa shape index (κ1) is 17.0. The summed E-state index contributed by atoms with van der Waals surface area (Å²) in [6, 6.07) is 7.94. The van der Waals surface area contributed by atoms with Crippen molar-refractivity contribution < 1.29 is 21.6 Å². The summed E-state index contributed by atoms with van der Waals surface area (Å²) < 4.78 is 63.9. The molecule has 2 aromatic rings. The van der Waals surface area contributed by atoms with Crippen LogP contribution in [0.3, 0.4) is 0 Å². The molecule has 8 heteroatoms. The van der Waals surface area contributed by atoms with Crippen molar-refractivity contribution in [2.45, 2.75) is 23.7 Å². The van der Waals surface area contributed by atoms with Gasteiger partial charge in [0.1, 0.15) is 4.21 Å². The van der Waals surface area contributed by atoms with Gasteiger partial charge in [-0.3, -0.25) is 0 Å². The lowest BCUT2D eigenvalue weighted by Crippen LogP contribution is -2.25. The zero-order chi connectivity index (χ0) is 16.4. The molecule has 2 rings (SSSR count). The summed E-state index contributed by atoms with van der Waals surface area (Å²) in [6.45, 7) is 1.94. The zero-order valence-electron chi connectivity index (χ0n) is 11.6. The predicted molar refractivity (Wildman–Crippen MR) is 79.4 cm³/mol. The van der Waals surface area contributed by atoms with Crippen LogP contribution in [0.25, 0.3) is 0 Å². The minimum absolute atomic E-state index is 0.130. The fraction of sp³-hybridized carbons (Fsp3) is 0.286. The molecule has 3 nitrogen and oxygen atoms in total. The molecule has 0 radical (unpaired) electrons. The molecule has 0 atom stereocenters. The summed E-state index contributed by atoms with van der Waals surface area (Å²) in [5.74, 6) is 0. The van der Waals surface area contributed by atoms with Gasteiger partial charge in [0, 0.05) is 11.4 Å². The Balaban J connectivity index is 1.94. The number of nitrogens with one attached hydrogen (secondary N) is 1. The number of thiophene rings is 1. The molecule has 0 unspecified atom stereocenters. The number of benzene rings is 1. The second-order valence-corrected chi connectivity index (χ2v) is 7.99. The van der Waals surface area contributed by atoms with E-state index >= 15 is 0 Å². The van der Waals surface area contributed by atoms with E-state index in [4.69, 9.17) is 0 Å². The minimum atomic E-state index is -4.36. The third-order valence-electron chi connectivity index (χ3n) is 2.97. The summed E-state index contributed by atoms with van der Waals surface area (Å²) in [5, 5.41) is 0. The number of alkyl halides is 3. The van der Waals surface area contributed by atoms with Crippen molar-refractivity contribution in [1.29, 1.82) is 0 Å². The van der Waals surface area contributed by atoms with Gasteiger partial charge in [0.2, 0.25) is 10.0 Å². The molecular formula is C14H14F3NO2S2. The van der Waals surface area contributed by atoms with Gasteiger partial charge in [-0.2, -0.15) is 13.2 Å². The van der Waals surface area contributed by atoms with Crippen molar-refractivity contribution in [3.05, 3.63) is 52.4 Å². The summed E-state index contributed by atoms with van der Waals surface area (Å²) in [5.41, 5.74) is -0.0797. The normalized spacial score (nSPS) is 12.5. The highest BCUT2D eigenvalue weighted by Gasteiger charge is 2.29. The van der Waals surface area contributed by atoms with E-state index in [2.05, 4.69) is 4.72 Å². The Bertz CT molecular complexity index is 734. The van der Waals surface area contributed by atoms with E-state index in [1.54, 1.807) is 6.07 Å². The van der Waals surface area contributed by atoms with Crippen LogP contribution in [0.15, 0.2) is 40.6 Å². The third kappa shape index (κ3) is 4.31. The van der Waals surface area contributed by atoms with Crippen LogP contribution in [-0.2, 0) is 22.6 Å². The highest BCUT2D eigenvalue weighted by molar-refractivity contribution is 7.91. The Kier molecular flexibility index (Phi) is 4.93. The van der Waals surface area contributed by atoms with E-state index in [-0.39, 0.29) is 10.8 Å². The summed E-state index contributed by atoms with van der Waals surface area (Å²) in [6.07, 6.45) is -4.04. The Morgan fingerprint density at radius 1 is 1.09 bits per heavy atom. The van der Waals surface area contributed by atoms with Crippen LogP contribution in [0.2, 0.25) is 0 Å². The molecule has 0 fully saturated rings. The van der Waals surface area contributed by atoms with E-state index < -0.39 is 21.8 Å². The van der Waals surface area contributed by atoms with Gasteiger partial charge < -0.3 is 0 Å². The van der Waals surface area contributed by atoms with Gasteiger partial charge in [0.15, 0.2) is 0 Å². The molecule has 22 heavy (non-hydrogen) atoms. The van der Waals surface area contributed by atoms with Crippen LogP contribution in [0.1, 0.15) is 16.0 Å². The molecule has 0 saturated carbocycles. The predicted octanol–water partition coefficient (Wildman–Crippen LogP) is 3.60. The quantitative estimate of drug-likeness (QED) is 0.897. The Labute approximate surface area is 130 Å². The third-order valence-corrected chi connectivity index (χ3v) is 5.92. The number of sulfonamides is 1. The SMILES string of the molecule is Cc1ccc(S(=O)(=O)NCCc2ccc(C(F)(F)F)cc2)s1. The molecule has 0 spiro atoms. The fourth-order valence-corrected chi connectivity index (χ4v) is 4.18. The lowest BCUT2D eigenvalue weighted by molar-refractivity contribution is -0.137. The number of rotatable bonds is 5. The van der Waals surface area contributed by atoms with Crippen molar-refractivity contribution in [3.8, 4) is 0 Å². The second-order valence-electron chi connectivity index (χ2n) is 4.71. The fourth-order valence-electron chi connectivity index (χ4n) is 1.82. The maximum absolute atomic E-state index is 12.4. The van der Waals surface area contributed by atoms with Gasteiger partial charge in [-0.05, 0) is 43.2 Å². The Hall–Kier alpha value is -1.38. The molecule has 0 aliphatic rings. The van der Waals surface area contributed by atoms with E-state index in [0.29, 0.717) is 12.0 Å². The van der Waals surface area contributed by atoms with E-state index in [0.717, 1.165) is 17.0 Å². The molecule has 1 N–H and O–H groups in total. The van der Waals surface area contributed by atoms with Crippen LogP contribution in [0, 0.1) is 6.92 Å². The average molecular weight is 349 g/mol. The second kappa shape index (κ2) is 6.39. The van der Waals surface area contributed by atoms with Gasteiger partial charge >= 0.3 is 6.18 Å². The number of hydrogen-bond donors (Lipinski definition) is 1. The minimum Gasteiger partial charge on any atom is -0.210 e. The van der Waals surface area contributed by atoms with Gasteiger partial charge in [-0.25, -0.2) is 13.1 Å². The summed E-state index contributed by atoms with van der Waals surface area (Å²) in [7, 11) is -3.55. The molecule has 1 aromatic heterocycles. The monoisotopic (exact) mass is 349 g/mol. The topological polar surface area (TPSA) is 46.2 Å². The van der Waals surface area contributed by atoms with Crippen molar-refractivity contribution in [3.63, 3.8) is 0 Å². The van der Waals surface area contributed by atoms with Gasteiger partial charge in [-0.15, -0.1) is 11.3 Å². The lowest BCUT2D eigenvalue weighted by atomic mass is 10.1. The Morgan fingerprint density at radius 2 is 1.73 bits per heavy atom. The van der Waals surface area contributed by atoms with Crippen LogP contribution in [0.4, 0.5) is 13.2 Å². The molecule has 0 aliphatic carbocycles. The summed E-state index contributed by atoms with van der Waals surface area (Å²) >= 11 is 1.17. The first-order chi connectivity index (χ1) is 10.2. The molecule has 1 heterocycles. The van der Waals surface area contributed by atoms with Gasteiger partial charge in [0.05, 0.1) is 5.56 Å². The first-order valence-electron chi connectivity index (χ1n) is 6.41. The zero-order valence-corrected chi connectivity index (χ0v) is 13.3. The number of halogens is 3. The first-order valence-corrected chi connectivity index (χ1v) is 8.71. The van der Waals surface area contributed by atoms with Crippen LogP contribution in [0.5, 0.6) is 0 Å². The van der Waals surface area contributed by atoms with Crippen LogP contribution < -0.4 is 4.72 Å². The van der Waals surface area contributed by atoms with Crippen molar-refractivity contribution in [1.82, 2.24) is 4.72 Å². The van der Waals surface area contributed by atoms with Gasteiger partial charge in [-0.1, -0.05) is 12.1 Å². The van der Waals surface area contributed by atoms with Crippen molar-refractivity contribution in [2.75, 3.05) is 6.54 Å². The molecule has 0 aliphatic heterocycles. The van der Waals surface area contributed by atoms with Crippen LogP contribution >= 0.6 is 11.3 Å². The molecule has 0 bridgehead atoms. The molecule has 120 valence electrons. The van der Waals surface area contributed by atoms with Gasteiger partial charge in [0.25, 0.3) is 0 Å².